The first-order chi connectivity index (χ1) is 10.9. The molecule has 0 spiro atoms. The maximum Gasteiger partial charge on any atom is 0.465 e. The highest BCUT2D eigenvalue weighted by molar-refractivity contribution is 7.81. The molecule has 0 atom stereocenters. The number of non-ortho nitro benzene ring substituents is 1. The molecule has 0 saturated heterocycles. The molecule has 128 valence electrons. The van der Waals surface area contributed by atoms with Gasteiger partial charge in [-0.25, -0.2) is 0 Å². The molecule has 0 aliphatic rings. The Kier molecular flexibility index (Phi) is 4.35. The van der Waals surface area contributed by atoms with Crippen molar-refractivity contribution >= 4 is 44.4 Å². The molecule has 0 radical (unpaired) electrons. The molecule has 1 aromatic carbocycles. The lowest BCUT2D eigenvalue weighted by Crippen LogP contribution is -2.28. The number of nitrogens with zero attached hydrogens (tertiary/aromatic N) is 2. The minimum atomic E-state index is -5.03. The first-order valence-electron chi connectivity index (χ1n) is 6.15. The normalized spacial score (nSPS) is 11.5. The van der Waals surface area contributed by atoms with Crippen molar-refractivity contribution in [3.63, 3.8) is 0 Å². The highest BCUT2D eigenvalue weighted by atomic mass is 35.5. The summed E-state index contributed by atoms with van der Waals surface area (Å²) in [5, 5.41) is 10.1. The van der Waals surface area contributed by atoms with Gasteiger partial charge in [0.25, 0.3) is 5.69 Å². The summed E-state index contributed by atoms with van der Waals surface area (Å²) in [4.78, 5) is 34.3. The number of nitro groups is 1. The topological polar surface area (TPSA) is 146 Å². The van der Waals surface area contributed by atoms with Gasteiger partial charge < -0.3 is 0 Å². The monoisotopic (exact) mass is 376 g/mol. The average molecular weight is 377 g/mol. The minimum Gasteiger partial charge on any atom is -0.294 e. The largest absolute Gasteiger partial charge is 0.465 e. The van der Waals surface area contributed by atoms with E-state index < -0.39 is 43.2 Å². The van der Waals surface area contributed by atoms with Gasteiger partial charge >= 0.3 is 10.4 Å². The Morgan fingerprint density at radius 1 is 1.42 bits per heavy atom. The van der Waals surface area contributed by atoms with Gasteiger partial charge in [-0.1, -0.05) is 11.6 Å². The number of nitro benzene ring substituents is 1. The van der Waals surface area contributed by atoms with Crippen molar-refractivity contribution < 1.29 is 27.0 Å². The van der Waals surface area contributed by atoms with Gasteiger partial charge in [-0.2, -0.15) is 13.1 Å². The molecule has 1 N–H and O–H groups in total. The van der Waals surface area contributed by atoms with Crippen molar-refractivity contribution in [3.05, 3.63) is 48.8 Å². The molecule has 2 aromatic rings. The summed E-state index contributed by atoms with van der Waals surface area (Å²) in [7, 11) is -5.03. The molecule has 0 fully saturated rings. The third-order valence-electron chi connectivity index (χ3n) is 3.12. The number of pyridine rings is 1. The van der Waals surface area contributed by atoms with Crippen LogP contribution in [-0.2, 0) is 10.4 Å². The summed E-state index contributed by atoms with van der Waals surface area (Å²) in [6.45, 7) is 2.24. The highest BCUT2D eigenvalue weighted by Gasteiger charge is 2.24. The van der Waals surface area contributed by atoms with E-state index in [-0.39, 0.29) is 16.2 Å². The van der Waals surface area contributed by atoms with Crippen LogP contribution < -0.4 is 9.71 Å². The van der Waals surface area contributed by atoms with E-state index in [1.165, 1.54) is 6.92 Å². The van der Waals surface area contributed by atoms with Gasteiger partial charge in [0.1, 0.15) is 5.52 Å². The number of rotatable bonds is 4. The average Bonchev–Trinajstić information content (AvgIpc) is 2.41. The first kappa shape index (κ1) is 17.8. The number of carbonyl (C=O) groups excluding carboxylic acids is 1. The van der Waals surface area contributed by atoms with E-state index in [0.29, 0.717) is 4.73 Å². The second-order valence-electron chi connectivity index (χ2n) is 4.72. The van der Waals surface area contributed by atoms with Crippen LogP contribution >= 0.6 is 11.6 Å². The fourth-order valence-electron chi connectivity index (χ4n) is 2.24. The van der Waals surface area contributed by atoms with Crippen molar-refractivity contribution in [3.8, 4) is 0 Å². The number of ketones is 1. The summed E-state index contributed by atoms with van der Waals surface area (Å²) in [5.74, 6) is -0.727. The molecule has 1 aromatic heterocycles. The highest BCUT2D eigenvalue weighted by Crippen LogP contribution is 2.29. The fraction of sp³-hybridized carbons (Fsp3) is 0.167. The van der Waals surface area contributed by atoms with E-state index in [2.05, 4.69) is 4.28 Å². The Bertz CT molecular complexity index is 1060. The lowest BCUT2D eigenvalue weighted by atomic mass is 10.1. The SMILES string of the molecule is CC(=O)c1c(C)n(OS(=O)(=O)O)c2c(Cl)cc([N+](=O)[O-])cc2c1=O. The van der Waals surface area contributed by atoms with Gasteiger partial charge in [-0.15, -0.1) is 0 Å². The molecule has 1 heterocycles. The maximum absolute atomic E-state index is 12.5. The van der Waals surface area contributed by atoms with Crippen LogP contribution in [0.2, 0.25) is 5.02 Å². The van der Waals surface area contributed by atoms with Crippen LogP contribution in [0.4, 0.5) is 5.69 Å². The third-order valence-corrected chi connectivity index (χ3v) is 3.75. The van der Waals surface area contributed by atoms with Gasteiger partial charge in [-0.3, -0.25) is 28.5 Å². The predicted octanol–water partition coefficient (Wildman–Crippen LogP) is 1.31. The molecule has 2 rings (SSSR count). The minimum absolute atomic E-state index is 0.242. The van der Waals surface area contributed by atoms with Crippen LogP contribution in [0.5, 0.6) is 0 Å². The number of Topliss-reactive ketones (excluding diaryl/α,β-unsaturated/α-hetero) is 1. The zero-order valence-corrected chi connectivity index (χ0v) is 13.7. The molecule has 10 nitrogen and oxygen atoms in total. The van der Waals surface area contributed by atoms with Crippen molar-refractivity contribution in [2.75, 3.05) is 0 Å². The molecule has 0 bridgehead atoms. The zero-order valence-electron chi connectivity index (χ0n) is 12.1. The fourth-order valence-corrected chi connectivity index (χ4v) is 2.90. The number of benzene rings is 1. The first-order valence-corrected chi connectivity index (χ1v) is 7.90. The van der Waals surface area contributed by atoms with Gasteiger partial charge in [0.05, 0.1) is 26.6 Å². The number of carbonyl (C=O) groups is 1. The van der Waals surface area contributed by atoms with Gasteiger partial charge in [0.2, 0.25) is 5.43 Å². The van der Waals surface area contributed by atoms with Gasteiger partial charge in [0.15, 0.2) is 5.78 Å². The smallest absolute Gasteiger partial charge is 0.294 e. The van der Waals surface area contributed by atoms with Crippen LogP contribution in [0.3, 0.4) is 0 Å². The lowest BCUT2D eigenvalue weighted by molar-refractivity contribution is -0.384. The molecule has 24 heavy (non-hydrogen) atoms. The van der Waals surface area contributed by atoms with E-state index in [0.717, 1.165) is 19.1 Å². The van der Waals surface area contributed by atoms with Crippen LogP contribution in [0.25, 0.3) is 10.9 Å². The molecule has 0 unspecified atom stereocenters. The van der Waals surface area contributed by atoms with E-state index >= 15 is 0 Å². The molecular formula is C12H9ClN2O8S. The number of hydrogen-bond acceptors (Lipinski definition) is 7. The maximum atomic E-state index is 12.5. The zero-order chi connectivity index (χ0) is 18.4. The predicted molar refractivity (Wildman–Crippen MR) is 82.7 cm³/mol. The molecule has 0 aliphatic carbocycles. The number of hydrogen-bond donors (Lipinski definition) is 1. The standard InChI is InChI=1S/C12H9ClN2O8S/c1-5-10(6(2)16)12(17)8-3-7(15(18)19)4-9(13)11(8)14(5)23-24(20,21)22/h3-4H,1-2H3,(H,20,21,22). The van der Waals surface area contributed by atoms with Crippen molar-refractivity contribution in [2.24, 2.45) is 0 Å². The molecule has 0 aliphatic heterocycles. The summed E-state index contributed by atoms with van der Waals surface area (Å²) in [5.41, 5.74) is -2.46. The van der Waals surface area contributed by atoms with Crippen molar-refractivity contribution in [2.45, 2.75) is 13.8 Å². The Labute approximate surface area is 139 Å². The summed E-state index contributed by atoms with van der Waals surface area (Å²) >= 11 is 5.91. The van der Waals surface area contributed by atoms with E-state index in [9.17, 15) is 28.1 Å². The lowest BCUT2D eigenvalue weighted by Gasteiger charge is -2.15. The second-order valence-corrected chi connectivity index (χ2v) is 6.13. The van der Waals surface area contributed by atoms with Crippen LogP contribution in [-0.4, -0.2) is 28.4 Å². The Hall–Kier alpha value is -2.50. The van der Waals surface area contributed by atoms with E-state index in [4.69, 9.17) is 16.2 Å². The Morgan fingerprint density at radius 2 is 2.00 bits per heavy atom. The van der Waals surface area contributed by atoms with Crippen LogP contribution in [0.1, 0.15) is 23.0 Å². The van der Waals surface area contributed by atoms with Crippen LogP contribution in [0.15, 0.2) is 16.9 Å². The number of fused-ring (bicyclic) bond motifs is 1. The summed E-state index contributed by atoms with van der Waals surface area (Å²) < 4.78 is 35.8. The quantitative estimate of drug-likeness (QED) is 0.363. The summed E-state index contributed by atoms with van der Waals surface area (Å²) in [6, 6.07) is 1.71. The molecule has 0 saturated carbocycles. The third kappa shape index (κ3) is 3.09. The van der Waals surface area contributed by atoms with Crippen molar-refractivity contribution in [1.29, 1.82) is 0 Å². The Balaban J connectivity index is 3.12. The Morgan fingerprint density at radius 3 is 2.46 bits per heavy atom. The number of aromatic nitrogens is 1. The number of halogens is 1. The van der Waals surface area contributed by atoms with Crippen LogP contribution in [0, 0.1) is 17.0 Å². The summed E-state index contributed by atoms with van der Waals surface area (Å²) in [6.07, 6.45) is 0. The molecular weight excluding hydrogens is 368 g/mol. The van der Waals surface area contributed by atoms with E-state index in [1.54, 1.807) is 0 Å². The van der Waals surface area contributed by atoms with E-state index in [1.807, 2.05) is 0 Å². The molecule has 12 heteroatoms. The molecule has 0 amide bonds. The van der Waals surface area contributed by atoms with Gasteiger partial charge in [-0.05, 0) is 13.8 Å². The van der Waals surface area contributed by atoms with Gasteiger partial charge in [0, 0.05) is 12.1 Å². The second kappa shape index (κ2) is 5.85. The van der Waals surface area contributed by atoms with Crippen molar-refractivity contribution in [1.82, 2.24) is 4.73 Å².